The lowest BCUT2D eigenvalue weighted by molar-refractivity contribution is 0.0610. The number of carbonyl (C=O) groups is 2. The Morgan fingerprint density at radius 2 is 1.42 bits per heavy atom. The van der Waals surface area contributed by atoms with Crippen molar-refractivity contribution in [3.63, 3.8) is 0 Å². The summed E-state index contributed by atoms with van der Waals surface area (Å²) in [6.45, 7) is 1.02. The molecular weight excluding hydrogens is 410 g/mol. The normalized spacial score (nSPS) is 12.9. The molecule has 3 N–H and O–H groups in total. The van der Waals surface area contributed by atoms with Gasteiger partial charge in [0.2, 0.25) is 0 Å². The van der Waals surface area contributed by atoms with Gasteiger partial charge in [-0.15, -0.1) is 0 Å². The molecule has 0 radical (unpaired) electrons. The quantitative estimate of drug-likeness (QED) is 0.240. The van der Waals surface area contributed by atoms with Crippen molar-refractivity contribution in [3.8, 4) is 0 Å². The summed E-state index contributed by atoms with van der Waals surface area (Å²) in [6, 6.07) is 27.3. The standard InChI is InChI=1S/C28H25N3O2/c29-22-14-12-19(13-15-22)18-21-6-1-2-11-25(21)30-16-5-17-31-27(32)23-9-3-7-20-8-4-10-24(26(20)23)28(31)33/h1-4,6-15,30H,5,16-18,29H2. The maximum atomic E-state index is 13.0. The van der Waals surface area contributed by atoms with Crippen LogP contribution >= 0.6 is 0 Å². The monoisotopic (exact) mass is 435 g/mol. The third-order valence-corrected chi connectivity index (χ3v) is 6.12. The summed E-state index contributed by atoms with van der Waals surface area (Å²) in [6.07, 6.45) is 1.46. The molecule has 5 heteroatoms. The van der Waals surface area contributed by atoms with Crippen LogP contribution in [-0.2, 0) is 6.42 Å². The number of anilines is 2. The molecule has 5 rings (SSSR count). The molecule has 0 atom stereocenters. The van der Waals surface area contributed by atoms with Crippen molar-refractivity contribution in [1.29, 1.82) is 0 Å². The van der Waals surface area contributed by atoms with E-state index in [9.17, 15) is 9.59 Å². The van der Waals surface area contributed by atoms with Crippen LogP contribution in [0.1, 0.15) is 38.3 Å². The SMILES string of the molecule is Nc1ccc(Cc2ccccc2NCCCN2C(=O)c3cccc4cccc(c34)C2=O)cc1. The smallest absolute Gasteiger partial charge is 0.261 e. The Hall–Kier alpha value is -4.12. The summed E-state index contributed by atoms with van der Waals surface area (Å²) in [5.74, 6) is -0.430. The van der Waals surface area contributed by atoms with Crippen LogP contribution in [0.4, 0.5) is 11.4 Å². The zero-order chi connectivity index (χ0) is 22.8. The number of nitrogens with zero attached hydrogens (tertiary/aromatic N) is 1. The maximum Gasteiger partial charge on any atom is 0.261 e. The molecule has 5 nitrogen and oxygen atoms in total. The average molecular weight is 436 g/mol. The highest BCUT2D eigenvalue weighted by Crippen LogP contribution is 2.30. The van der Waals surface area contributed by atoms with Gasteiger partial charge in [-0.2, -0.15) is 0 Å². The van der Waals surface area contributed by atoms with Crippen LogP contribution in [0.15, 0.2) is 84.9 Å². The fourth-order valence-electron chi connectivity index (χ4n) is 4.45. The third-order valence-electron chi connectivity index (χ3n) is 6.12. The van der Waals surface area contributed by atoms with E-state index in [0.29, 0.717) is 30.6 Å². The molecule has 0 spiro atoms. The number of hydrogen-bond acceptors (Lipinski definition) is 4. The van der Waals surface area contributed by atoms with Gasteiger partial charge in [0.1, 0.15) is 0 Å². The summed E-state index contributed by atoms with van der Waals surface area (Å²) in [5.41, 5.74) is 11.2. The van der Waals surface area contributed by atoms with Gasteiger partial charge in [0.25, 0.3) is 11.8 Å². The van der Waals surface area contributed by atoms with Crippen molar-refractivity contribution in [3.05, 3.63) is 107 Å². The lowest BCUT2D eigenvalue weighted by Crippen LogP contribution is -2.41. The van der Waals surface area contributed by atoms with Crippen molar-refractivity contribution in [2.75, 3.05) is 24.1 Å². The first-order valence-electron chi connectivity index (χ1n) is 11.2. The molecule has 4 aromatic rings. The Labute approximate surface area is 192 Å². The number of rotatable bonds is 7. The second kappa shape index (κ2) is 8.79. The number of nitrogen functional groups attached to an aromatic ring is 1. The van der Waals surface area contributed by atoms with Gasteiger partial charge in [0.15, 0.2) is 0 Å². The molecule has 0 saturated carbocycles. The first-order chi connectivity index (χ1) is 16.1. The van der Waals surface area contributed by atoms with Gasteiger partial charge in [-0.3, -0.25) is 14.5 Å². The fraction of sp³-hybridized carbons (Fsp3) is 0.143. The van der Waals surface area contributed by atoms with Crippen LogP contribution in [-0.4, -0.2) is 29.8 Å². The van der Waals surface area contributed by atoms with E-state index in [1.54, 1.807) is 12.1 Å². The van der Waals surface area contributed by atoms with Crippen LogP contribution in [0.5, 0.6) is 0 Å². The molecule has 1 aliphatic rings. The second-order valence-electron chi connectivity index (χ2n) is 8.33. The first kappa shape index (κ1) is 20.8. The molecule has 0 unspecified atom stereocenters. The number of amides is 2. The maximum absolute atomic E-state index is 13.0. The molecule has 1 heterocycles. The summed E-state index contributed by atoms with van der Waals surface area (Å²) in [5, 5.41) is 5.17. The molecule has 164 valence electrons. The molecule has 4 aromatic carbocycles. The van der Waals surface area contributed by atoms with E-state index >= 15 is 0 Å². The highest BCUT2D eigenvalue weighted by molar-refractivity contribution is 6.25. The van der Waals surface area contributed by atoms with E-state index in [1.807, 2.05) is 60.7 Å². The summed E-state index contributed by atoms with van der Waals surface area (Å²) in [7, 11) is 0. The molecular formula is C28H25N3O2. The van der Waals surface area contributed by atoms with Crippen molar-refractivity contribution in [2.45, 2.75) is 12.8 Å². The Balaban J connectivity index is 1.25. The van der Waals surface area contributed by atoms with E-state index in [0.717, 1.165) is 28.6 Å². The highest BCUT2D eigenvalue weighted by Gasteiger charge is 2.32. The van der Waals surface area contributed by atoms with Crippen molar-refractivity contribution >= 4 is 34.0 Å². The number of imide groups is 1. The Bertz CT molecular complexity index is 1290. The fourth-order valence-corrected chi connectivity index (χ4v) is 4.45. The Morgan fingerprint density at radius 1 is 0.758 bits per heavy atom. The number of nitrogens with two attached hydrogens (primary N) is 1. The van der Waals surface area contributed by atoms with Crippen molar-refractivity contribution < 1.29 is 9.59 Å². The van der Waals surface area contributed by atoms with Crippen LogP contribution in [0, 0.1) is 0 Å². The first-order valence-corrected chi connectivity index (χ1v) is 11.2. The van der Waals surface area contributed by atoms with Gasteiger partial charge in [0.05, 0.1) is 0 Å². The molecule has 0 fully saturated rings. The van der Waals surface area contributed by atoms with Gasteiger partial charge >= 0.3 is 0 Å². The van der Waals surface area contributed by atoms with Gasteiger partial charge in [0, 0.05) is 41.0 Å². The zero-order valence-electron chi connectivity index (χ0n) is 18.3. The molecule has 0 bridgehead atoms. The molecule has 0 aromatic heterocycles. The van der Waals surface area contributed by atoms with Gasteiger partial charge in [-0.05, 0) is 59.7 Å². The topological polar surface area (TPSA) is 75.4 Å². The molecule has 0 aliphatic carbocycles. The number of carbonyl (C=O) groups excluding carboxylic acids is 2. The van der Waals surface area contributed by atoms with Crippen molar-refractivity contribution in [2.24, 2.45) is 0 Å². The molecule has 1 aliphatic heterocycles. The van der Waals surface area contributed by atoms with Crippen molar-refractivity contribution in [1.82, 2.24) is 4.90 Å². The molecule has 2 amide bonds. The summed E-state index contributed by atoms with van der Waals surface area (Å²) >= 11 is 0. The van der Waals surface area contributed by atoms with E-state index in [2.05, 4.69) is 17.4 Å². The van der Waals surface area contributed by atoms with E-state index < -0.39 is 0 Å². The Morgan fingerprint density at radius 3 is 2.12 bits per heavy atom. The Kier molecular flexibility index (Phi) is 5.53. The number of benzene rings is 4. The number of para-hydroxylation sites is 1. The summed E-state index contributed by atoms with van der Waals surface area (Å²) in [4.78, 5) is 27.4. The minimum atomic E-state index is -0.215. The lowest BCUT2D eigenvalue weighted by atomic mass is 9.94. The number of hydrogen-bond donors (Lipinski definition) is 2. The minimum Gasteiger partial charge on any atom is -0.399 e. The second-order valence-corrected chi connectivity index (χ2v) is 8.33. The predicted molar refractivity (Wildman–Crippen MR) is 133 cm³/mol. The number of nitrogens with one attached hydrogen (secondary N) is 1. The third kappa shape index (κ3) is 4.05. The largest absolute Gasteiger partial charge is 0.399 e. The van der Waals surface area contributed by atoms with Gasteiger partial charge < -0.3 is 11.1 Å². The van der Waals surface area contributed by atoms with Crippen LogP contribution < -0.4 is 11.1 Å². The van der Waals surface area contributed by atoms with Crippen LogP contribution in [0.3, 0.4) is 0 Å². The van der Waals surface area contributed by atoms with Crippen LogP contribution in [0.2, 0.25) is 0 Å². The van der Waals surface area contributed by atoms with Gasteiger partial charge in [-0.1, -0.05) is 54.6 Å². The minimum absolute atomic E-state index is 0.215. The highest BCUT2D eigenvalue weighted by atomic mass is 16.2. The van der Waals surface area contributed by atoms with E-state index in [4.69, 9.17) is 5.73 Å². The van der Waals surface area contributed by atoms with Gasteiger partial charge in [-0.25, -0.2) is 0 Å². The summed E-state index contributed by atoms with van der Waals surface area (Å²) < 4.78 is 0. The lowest BCUT2D eigenvalue weighted by Gasteiger charge is -2.27. The molecule has 33 heavy (non-hydrogen) atoms. The van der Waals surface area contributed by atoms with E-state index in [1.165, 1.54) is 16.0 Å². The zero-order valence-corrected chi connectivity index (χ0v) is 18.3. The molecule has 0 saturated heterocycles. The average Bonchev–Trinajstić information content (AvgIpc) is 2.84. The predicted octanol–water partition coefficient (Wildman–Crippen LogP) is 5.11. The van der Waals surface area contributed by atoms with Crippen LogP contribution in [0.25, 0.3) is 10.8 Å². The van der Waals surface area contributed by atoms with E-state index in [-0.39, 0.29) is 11.8 Å².